The molecule has 0 spiro atoms. The van der Waals surface area contributed by atoms with E-state index in [1.54, 1.807) is 7.11 Å². The van der Waals surface area contributed by atoms with E-state index in [-0.39, 0.29) is 6.04 Å². The van der Waals surface area contributed by atoms with E-state index in [0.29, 0.717) is 18.3 Å². The lowest BCUT2D eigenvalue weighted by atomic mass is 9.87. The standard InChI is InChI=1S/C14H17N3O2/c1-18-8-13-16-14(19-17-13)10-5-6-11-9(7-10)3-2-4-12(11)15/h5-7,12H,2-4,8,15H2,1H3. The van der Waals surface area contributed by atoms with Gasteiger partial charge in [0.25, 0.3) is 5.89 Å². The van der Waals surface area contributed by atoms with Gasteiger partial charge in [0.2, 0.25) is 0 Å². The van der Waals surface area contributed by atoms with Crippen molar-refractivity contribution < 1.29 is 9.26 Å². The first-order valence-electron chi connectivity index (χ1n) is 6.48. The van der Waals surface area contributed by atoms with Crippen LogP contribution in [0.1, 0.15) is 35.8 Å². The van der Waals surface area contributed by atoms with Crippen molar-refractivity contribution in [3.8, 4) is 11.5 Å². The number of aromatic nitrogens is 2. The van der Waals surface area contributed by atoms with Crippen LogP contribution in [0, 0.1) is 0 Å². The molecule has 3 rings (SSSR count). The molecule has 100 valence electrons. The second-order valence-electron chi connectivity index (χ2n) is 4.86. The van der Waals surface area contributed by atoms with Crippen LogP contribution in [0.4, 0.5) is 0 Å². The Morgan fingerprint density at radius 2 is 2.37 bits per heavy atom. The molecule has 0 saturated carbocycles. The average Bonchev–Trinajstić information content (AvgIpc) is 2.88. The summed E-state index contributed by atoms with van der Waals surface area (Å²) in [7, 11) is 1.61. The van der Waals surface area contributed by atoms with Crippen molar-refractivity contribution in [2.75, 3.05) is 7.11 Å². The number of nitrogens with two attached hydrogens (primary N) is 1. The highest BCUT2D eigenvalue weighted by Gasteiger charge is 2.18. The Kier molecular flexibility index (Phi) is 3.31. The topological polar surface area (TPSA) is 74.2 Å². The van der Waals surface area contributed by atoms with Crippen LogP contribution in [0.5, 0.6) is 0 Å². The van der Waals surface area contributed by atoms with E-state index < -0.39 is 0 Å². The van der Waals surface area contributed by atoms with Gasteiger partial charge < -0.3 is 15.0 Å². The second kappa shape index (κ2) is 5.11. The molecule has 1 aromatic heterocycles. The Morgan fingerprint density at radius 3 is 3.21 bits per heavy atom. The molecule has 2 aromatic rings. The lowest BCUT2D eigenvalue weighted by Gasteiger charge is -2.22. The molecule has 0 bridgehead atoms. The highest BCUT2D eigenvalue weighted by atomic mass is 16.5. The quantitative estimate of drug-likeness (QED) is 0.914. The van der Waals surface area contributed by atoms with Crippen LogP contribution in [-0.2, 0) is 17.8 Å². The highest BCUT2D eigenvalue weighted by molar-refractivity contribution is 5.56. The number of fused-ring (bicyclic) bond motifs is 1. The smallest absolute Gasteiger partial charge is 0.258 e. The van der Waals surface area contributed by atoms with Crippen molar-refractivity contribution in [1.29, 1.82) is 0 Å². The van der Waals surface area contributed by atoms with E-state index in [4.69, 9.17) is 15.0 Å². The first kappa shape index (κ1) is 12.3. The monoisotopic (exact) mass is 259 g/mol. The van der Waals surface area contributed by atoms with E-state index in [0.717, 1.165) is 24.8 Å². The number of nitrogens with zero attached hydrogens (tertiary/aromatic N) is 2. The van der Waals surface area contributed by atoms with Crippen molar-refractivity contribution >= 4 is 0 Å². The molecular formula is C14H17N3O2. The van der Waals surface area contributed by atoms with Gasteiger partial charge in [0.1, 0.15) is 6.61 Å². The minimum absolute atomic E-state index is 0.157. The summed E-state index contributed by atoms with van der Waals surface area (Å²) in [5, 5.41) is 3.87. The SMILES string of the molecule is COCc1noc(-c2ccc3c(c2)CCCC3N)n1. The molecule has 5 nitrogen and oxygen atoms in total. The van der Waals surface area contributed by atoms with E-state index in [1.165, 1.54) is 11.1 Å². The summed E-state index contributed by atoms with van der Waals surface area (Å²) in [6.07, 6.45) is 3.26. The van der Waals surface area contributed by atoms with E-state index in [2.05, 4.69) is 22.3 Å². The molecule has 0 radical (unpaired) electrons. The van der Waals surface area contributed by atoms with Gasteiger partial charge >= 0.3 is 0 Å². The number of methoxy groups -OCH3 is 1. The molecule has 1 atom stereocenters. The highest BCUT2D eigenvalue weighted by Crippen LogP contribution is 2.31. The maximum absolute atomic E-state index is 6.11. The molecule has 2 N–H and O–H groups in total. The summed E-state index contributed by atoms with van der Waals surface area (Å²) < 4.78 is 10.2. The van der Waals surface area contributed by atoms with Gasteiger partial charge in [-0.25, -0.2) is 0 Å². The number of ether oxygens (including phenoxy) is 1. The fourth-order valence-electron chi connectivity index (χ4n) is 2.54. The first-order chi connectivity index (χ1) is 9.28. The molecule has 0 fully saturated rings. The zero-order chi connectivity index (χ0) is 13.2. The average molecular weight is 259 g/mol. The molecule has 1 heterocycles. The van der Waals surface area contributed by atoms with Gasteiger partial charge in [-0.05, 0) is 42.5 Å². The Bertz CT molecular complexity index is 580. The molecule has 1 unspecified atom stereocenters. The summed E-state index contributed by atoms with van der Waals surface area (Å²) in [4.78, 5) is 4.30. The lowest BCUT2D eigenvalue weighted by Crippen LogP contribution is -2.17. The molecule has 0 amide bonds. The number of hydrogen-bond donors (Lipinski definition) is 1. The van der Waals surface area contributed by atoms with E-state index in [9.17, 15) is 0 Å². The van der Waals surface area contributed by atoms with E-state index in [1.807, 2.05) is 6.07 Å². The Balaban J connectivity index is 1.92. The molecule has 0 aliphatic heterocycles. The fourth-order valence-corrected chi connectivity index (χ4v) is 2.54. The first-order valence-corrected chi connectivity index (χ1v) is 6.48. The molecule has 1 aliphatic rings. The molecule has 0 saturated heterocycles. The summed E-state index contributed by atoms with van der Waals surface area (Å²) >= 11 is 0. The van der Waals surface area contributed by atoms with Crippen LogP contribution in [-0.4, -0.2) is 17.3 Å². The zero-order valence-corrected chi connectivity index (χ0v) is 10.9. The predicted molar refractivity (Wildman–Crippen MR) is 70.3 cm³/mol. The largest absolute Gasteiger partial charge is 0.377 e. The third-order valence-electron chi connectivity index (χ3n) is 3.49. The third-order valence-corrected chi connectivity index (χ3v) is 3.49. The van der Waals surface area contributed by atoms with Crippen LogP contribution < -0.4 is 5.73 Å². The number of benzene rings is 1. The second-order valence-corrected chi connectivity index (χ2v) is 4.86. The van der Waals surface area contributed by atoms with Gasteiger partial charge in [-0.3, -0.25) is 0 Å². The third kappa shape index (κ3) is 2.39. The normalized spacial score (nSPS) is 18.3. The van der Waals surface area contributed by atoms with Crippen LogP contribution in [0.2, 0.25) is 0 Å². The molecule has 19 heavy (non-hydrogen) atoms. The molecular weight excluding hydrogens is 242 g/mol. The van der Waals surface area contributed by atoms with Gasteiger partial charge in [-0.2, -0.15) is 4.98 Å². The molecule has 1 aromatic carbocycles. The van der Waals surface area contributed by atoms with Crippen molar-refractivity contribution in [3.05, 3.63) is 35.2 Å². The number of rotatable bonds is 3. The van der Waals surface area contributed by atoms with Crippen LogP contribution in [0.15, 0.2) is 22.7 Å². The van der Waals surface area contributed by atoms with Crippen molar-refractivity contribution in [2.24, 2.45) is 5.73 Å². The Labute approximate surface area is 111 Å². The maximum atomic E-state index is 6.11. The lowest BCUT2D eigenvalue weighted by molar-refractivity contribution is 0.174. The van der Waals surface area contributed by atoms with Gasteiger partial charge in [0.15, 0.2) is 5.82 Å². The van der Waals surface area contributed by atoms with Gasteiger partial charge in [0, 0.05) is 18.7 Å². The summed E-state index contributed by atoms with van der Waals surface area (Å²) in [5.74, 6) is 1.10. The number of hydrogen-bond acceptors (Lipinski definition) is 5. The zero-order valence-electron chi connectivity index (χ0n) is 10.9. The van der Waals surface area contributed by atoms with Crippen LogP contribution in [0.3, 0.4) is 0 Å². The van der Waals surface area contributed by atoms with E-state index >= 15 is 0 Å². The number of aryl methyl sites for hydroxylation is 1. The summed E-state index contributed by atoms with van der Waals surface area (Å²) in [5.41, 5.74) is 9.59. The van der Waals surface area contributed by atoms with Crippen molar-refractivity contribution in [1.82, 2.24) is 10.1 Å². The summed E-state index contributed by atoms with van der Waals surface area (Å²) in [6, 6.07) is 6.34. The maximum Gasteiger partial charge on any atom is 0.258 e. The minimum Gasteiger partial charge on any atom is -0.377 e. The van der Waals surface area contributed by atoms with Gasteiger partial charge in [-0.15, -0.1) is 0 Å². The van der Waals surface area contributed by atoms with Crippen LogP contribution >= 0.6 is 0 Å². The van der Waals surface area contributed by atoms with Crippen molar-refractivity contribution in [2.45, 2.75) is 31.9 Å². The van der Waals surface area contributed by atoms with Gasteiger partial charge in [0.05, 0.1) is 0 Å². The van der Waals surface area contributed by atoms with Gasteiger partial charge in [-0.1, -0.05) is 11.2 Å². The Morgan fingerprint density at radius 1 is 1.47 bits per heavy atom. The fraction of sp³-hybridized carbons (Fsp3) is 0.429. The summed E-state index contributed by atoms with van der Waals surface area (Å²) in [6.45, 7) is 0.360. The predicted octanol–water partition coefficient (Wildman–Crippen LogP) is 2.22. The van der Waals surface area contributed by atoms with Crippen LogP contribution in [0.25, 0.3) is 11.5 Å². The Hall–Kier alpha value is -1.72. The molecule has 1 aliphatic carbocycles. The van der Waals surface area contributed by atoms with Crippen molar-refractivity contribution in [3.63, 3.8) is 0 Å². The molecule has 5 heteroatoms. The minimum atomic E-state index is 0.157.